The fraction of sp³-hybridized carbons (Fsp3) is 0.386. The van der Waals surface area contributed by atoms with Crippen molar-refractivity contribution in [2.45, 2.75) is 139 Å². The zero-order valence-corrected chi connectivity index (χ0v) is 41.2. The van der Waals surface area contributed by atoms with Crippen LogP contribution in [0.3, 0.4) is 0 Å². The number of phenols is 1. The van der Waals surface area contributed by atoms with Gasteiger partial charge in [-0.3, -0.25) is 0 Å². The molecule has 0 saturated carbocycles. The van der Waals surface area contributed by atoms with Gasteiger partial charge in [-0.2, -0.15) is 0 Å². The van der Waals surface area contributed by atoms with Crippen LogP contribution >= 0.6 is 0 Å². The Kier molecular flexibility index (Phi) is 12.8. The molecule has 7 rings (SSSR count). The van der Waals surface area contributed by atoms with Gasteiger partial charge >= 0.3 is 276 Å². The standard InChI is InChI=1S/2C21H23.C14H22O.CH2.Zr/c2*1-5-15-13-17-7-6-8-19(20(17)14-15)16-9-11-18(12-10-16)21(2,3)4;1-13(2,3)10-7-8-12(15)11(9-10)14(4,5)6;;/h2*6-14H,5H2,1-4H3;7-9,15H,1-6H3;1H2;. The molecule has 0 spiro atoms. The zero-order chi connectivity index (χ0) is 43.2. The zero-order valence-electron chi connectivity index (χ0n) is 38.7. The van der Waals surface area contributed by atoms with E-state index in [4.69, 9.17) is 4.21 Å². The van der Waals surface area contributed by atoms with E-state index >= 15 is 0 Å². The van der Waals surface area contributed by atoms with E-state index in [2.05, 4.69) is 200 Å². The Morgan fingerprint density at radius 2 is 0.864 bits per heavy atom. The summed E-state index contributed by atoms with van der Waals surface area (Å²) in [6.45, 7) is 31.3. The van der Waals surface area contributed by atoms with Crippen molar-refractivity contribution in [3.63, 3.8) is 0 Å². The second-order valence-electron chi connectivity index (χ2n) is 21.1. The van der Waals surface area contributed by atoms with E-state index in [1.807, 2.05) is 6.07 Å². The van der Waals surface area contributed by atoms with Gasteiger partial charge in [-0.1, -0.05) is 53.7 Å². The number of hydrogen-bond donors (Lipinski definition) is 1. The Balaban J connectivity index is 0.000000330. The molecule has 0 heterocycles. The van der Waals surface area contributed by atoms with Gasteiger partial charge < -0.3 is 5.11 Å². The Labute approximate surface area is 365 Å². The van der Waals surface area contributed by atoms with Crippen molar-refractivity contribution in [1.82, 2.24) is 0 Å². The number of phenolic OH excluding ortho intramolecular Hbond substituents is 1. The number of hydrogen-bond acceptors (Lipinski definition) is 1. The minimum atomic E-state index is -2.37. The first kappa shape index (κ1) is 44.7. The van der Waals surface area contributed by atoms with Crippen LogP contribution in [-0.2, 0) is 42.9 Å². The summed E-state index contributed by atoms with van der Waals surface area (Å²) in [7, 11) is 0. The van der Waals surface area contributed by atoms with E-state index in [0.717, 1.165) is 18.4 Å². The third kappa shape index (κ3) is 9.40. The van der Waals surface area contributed by atoms with E-state index in [1.54, 1.807) is 17.2 Å². The number of fused-ring (bicyclic) bond motifs is 2. The third-order valence-corrected chi connectivity index (χ3v) is 19.7. The molecule has 2 unspecified atom stereocenters. The van der Waals surface area contributed by atoms with Crippen LogP contribution in [0.2, 0.25) is 0 Å². The molecular weight excluding hydrogens is 792 g/mol. The maximum absolute atomic E-state index is 9.84. The topological polar surface area (TPSA) is 20.2 Å². The third-order valence-electron chi connectivity index (χ3n) is 12.7. The molecule has 2 heteroatoms. The molecule has 2 aliphatic rings. The van der Waals surface area contributed by atoms with E-state index in [-0.39, 0.29) is 21.7 Å². The van der Waals surface area contributed by atoms with Crippen LogP contribution in [0.1, 0.15) is 162 Å². The molecule has 1 nitrogen and oxygen atoms in total. The van der Waals surface area contributed by atoms with E-state index in [9.17, 15) is 5.11 Å². The fourth-order valence-electron chi connectivity index (χ4n) is 8.99. The molecule has 0 bridgehead atoms. The van der Waals surface area contributed by atoms with Crippen molar-refractivity contribution < 1.29 is 26.4 Å². The molecule has 0 aliphatic heterocycles. The molecule has 2 aliphatic carbocycles. The van der Waals surface area contributed by atoms with Crippen molar-refractivity contribution >= 4 is 16.4 Å². The average Bonchev–Trinajstić information content (AvgIpc) is 3.75. The number of rotatable bonds is 6. The van der Waals surface area contributed by atoms with Crippen molar-refractivity contribution in [3.8, 4) is 28.0 Å². The van der Waals surface area contributed by atoms with Crippen LogP contribution in [0, 0.1) is 0 Å². The van der Waals surface area contributed by atoms with E-state index < -0.39 is 21.3 Å². The van der Waals surface area contributed by atoms with Gasteiger partial charge in [0, 0.05) is 0 Å². The van der Waals surface area contributed by atoms with Gasteiger partial charge in [0.1, 0.15) is 5.75 Å². The van der Waals surface area contributed by atoms with Crippen LogP contribution in [0.4, 0.5) is 0 Å². The molecule has 0 amide bonds. The van der Waals surface area contributed by atoms with Gasteiger partial charge in [0.05, 0.1) is 0 Å². The van der Waals surface area contributed by atoms with E-state index in [1.165, 1.54) is 61.2 Å². The average molecular weight is 862 g/mol. The molecule has 308 valence electrons. The van der Waals surface area contributed by atoms with Gasteiger partial charge in [-0.05, 0) is 28.0 Å². The van der Waals surface area contributed by atoms with Crippen LogP contribution in [0.15, 0.2) is 114 Å². The van der Waals surface area contributed by atoms with Crippen LogP contribution in [-0.4, -0.2) is 9.32 Å². The summed E-state index contributed by atoms with van der Waals surface area (Å²) in [5.41, 5.74) is 20.0. The van der Waals surface area contributed by atoms with Gasteiger partial charge in [0.2, 0.25) is 0 Å². The van der Waals surface area contributed by atoms with Crippen molar-refractivity contribution in [1.29, 1.82) is 0 Å². The van der Waals surface area contributed by atoms with E-state index in [0.29, 0.717) is 13.0 Å². The quantitative estimate of drug-likeness (QED) is 0.180. The molecule has 0 radical (unpaired) electrons. The van der Waals surface area contributed by atoms with Gasteiger partial charge in [-0.15, -0.1) is 0 Å². The molecule has 2 atom stereocenters. The summed E-state index contributed by atoms with van der Waals surface area (Å²) >= 11 is -2.37. The summed E-state index contributed by atoms with van der Waals surface area (Å²) in [6.07, 6.45) is 7.26. The first-order valence-electron chi connectivity index (χ1n) is 22.0. The molecule has 5 aromatic carbocycles. The molecule has 5 aromatic rings. The molecule has 1 N–H and O–H groups in total. The first-order valence-corrected chi connectivity index (χ1v) is 26.5. The summed E-state index contributed by atoms with van der Waals surface area (Å²) in [5.74, 6) is 0.399. The number of aromatic hydroxyl groups is 1. The SMILES string of the molecule is CC(C)(C)c1ccc(O)c(C(C)(C)C)c1.[CH2]=[Zr]([CH]1C(CC)=Cc2c(-c3ccc(C(C)(C)C)cc3)cccc21)[CH]1C(CC)=Cc2c(-c3ccc(C(C)(C)C)cc3)cccc21. The van der Waals surface area contributed by atoms with Crippen molar-refractivity contribution in [2.24, 2.45) is 0 Å². The van der Waals surface area contributed by atoms with Crippen molar-refractivity contribution in [3.05, 3.63) is 159 Å². The predicted octanol–water partition coefficient (Wildman–Crippen LogP) is 16.0. The Morgan fingerprint density at radius 3 is 1.20 bits per heavy atom. The predicted molar refractivity (Wildman–Crippen MR) is 256 cm³/mol. The summed E-state index contributed by atoms with van der Waals surface area (Å²) in [4.78, 5) is 0. The summed E-state index contributed by atoms with van der Waals surface area (Å²) in [5, 5.41) is 9.84. The number of allylic oxidation sites excluding steroid dienone is 2. The van der Waals surface area contributed by atoms with Gasteiger partial charge in [0.15, 0.2) is 0 Å². The normalized spacial score (nSPS) is 16.4. The van der Waals surface area contributed by atoms with Crippen molar-refractivity contribution in [2.75, 3.05) is 0 Å². The minimum absolute atomic E-state index is 0.00859. The van der Waals surface area contributed by atoms with Crippen LogP contribution < -0.4 is 0 Å². The Hall–Kier alpha value is -3.87. The maximum atomic E-state index is 9.84. The molecule has 0 fully saturated rings. The Bertz CT molecular complexity index is 2260. The fourth-order valence-corrected chi connectivity index (χ4v) is 16.8. The van der Waals surface area contributed by atoms with Gasteiger partial charge in [-0.25, -0.2) is 0 Å². The molecular formula is C57H70OZr. The second kappa shape index (κ2) is 16.9. The van der Waals surface area contributed by atoms with Gasteiger partial charge in [0.25, 0.3) is 0 Å². The summed E-state index contributed by atoms with van der Waals surface area (Å²) < 4.78 is 6.21. The van der Waals surface area contributed by atoms with Crippen LogP contribution in [0.25, 0.3) is 34.4 Å². The molecule has 59 heavy (non-hydrogen) atoms. The Morgan fingerprint density at radius 1 is 0.492 bits per heavy atom. The monoisotopic (exact) mass is 860 g/mol. The first-order chi connectivity index (χ1) is 27.5. The molecule has 0 saturated heterocycles. The molecule has 0 aromatic heterocycles. The second-order valence-corrected chi connectivity index (χ2v) is 26.8. The number of benzene rings is 5. The summed E-state index contributed by atoms with van der Waals surface area (Å²) in [6, 6.07) is 38.6. The van der Waals surface area contributed by atoms with Crippen LogP contribution in [0.5, 0.6) is 5.75 Å².